The molecule has 0 aliphatic carbocycles. The summed E-state index contributed by atoms with van der Waals surface area (Å²) in [7, 11) is 0. The molecule has 1 fully saturated rings. The number of carbonyl (C=O) groups is 3. The number of nitrogens with zero attached hydrogens (tertiary/aromatic N) is 1. The third-order valence-electron chi connectivity index (χ3n) is 1.66. The lowest BCUT2D eigenvalue weighted by Crippen LogP contribution is -2.58. The fraction of sp³-hybridized carbons (Fsp3) is 0.667. The second-order valence-corrected chi connectivity index (χ2v) is 4.37. The number of carbonyl (C=O) groups excluding carboxylic acids is 3. The van der Waals surface area contributed by atoms with E-state index < -0.39 is 11.7 Å². The fourth-order valence-corrected chi connectivity index (χ4v) is 1.07. The molecule has 0 spiro atoms. The maximum atomic E-state index is 11.3. The highest BCUT2D eigenvalue weighted by Crippen LogP contribution is 2.06. The van der Waals surface area contributed by atoms with E-state index in [1.54, 1.807) is 20.8 Å². The Morgan fingerprint density at radius 1 is 1.44 bits per heavy atom. The number of rotatable bonds is 1. The maximum Gasteiger partial charge on any atom is 0.426 e. The van der Waals surface area contributed by atoms with Gasteiger partial charge in [0.25, 0.3) is 5.91 Å². The van der Waals surface area contributed by atoms with Crippen LogP contribution in [0.25, 0.3) is 0 Å². The zero-order chi connectivity index (χ0) is 12.3. The van der Waals surface area contributed by atoms with E-state index in [4.69, 9.17) is 4.74 Å². The topological polar surface area (TPSA) is 87.7 Å². The van der Waals surface area contributed by atoms with Crippen molar-refractivity contribution in [3.8, 4) is 0 Å². The molecule has 7 heteroatoms. The molecule has 1 aliphatic rings. The van der Waals surface area contributed by atoms with Gasteiger partial charge in [-0.05, 0) is 20.8 Å². The lowest BCUT2D eigenvalue weighted by Gasteiger charge is -2.28. The van der Waals surface area contributed by atoms with Crippen LogP contribution >= 0.6 is 0 Å². The van der Waals surface area contributed by atoms with Crippen molar-refractivity contribution in [2.24, 2.45) is 0 Å². The monoisotopic (exact) mass is 229 g/mol. The first-order valence-corrected chi connectivity index (χ1v) is 4.84. The van der Waals surface area contributed by atoms with Gasteiger partial charge in [-0.15, -0.1) is 0 Å². The van der Waals surface area contributed by atoms with Crippen molar-refractivity contribution in [3.05, 3.63) is 0 Å². The Labute approximate surface area is 93.1 Å². The van der Waals surface area contributed by atoms with Crippen molar-refractivity contribution in [3.63, 3.8) is 0 Å². The molecule has 0 bridgehead atoms. The van der Waals surface area contributed by atoms with Gasteiger partial charge in [-0.1, -0.05) is 0 Å². The van der Waals surface area contributed by atoms with Crippen molar-refractivity contribution in [1.29, 1.82) is 0 Å². The highest BCUT2D eigenvalue weighted by atomic mass is 16.6. The van der Waals surface area contributed by atoms with Crippen molar-refractivity contribution in [2.75, 3.05) is 13.1 Å². The van der Waals surface area contributed by atoms with Gasteiger partial charge in [0.2, 0.25) is 5.91 Å². The van der Waals surface area contributed by atoms with Gasteiger partial charge in [-0.25, -0.2) is 15.2 Å². The lowest BCUT2D eigenvalue weighted by molar-refractivity contribution is -0.143. The Hall–Kier alpha value is -1.79. The summed E-state index contributed by atoms with van der Waals surface area (Å²) in [5, 5.41) is 3.30. The first-order valence-electron chi connectivity index (χ1n) is 4.84. The number of hydrogen-bond donors (Lipinski definition) is 2. The first kappa shape index (κ1) is 12.3. The van der Waals surface area contributed by atoms with Crippen LogP contribution in [-0.4, -0.2) is 41.6 Å². The zero-order valence-corrected chi connectivity index (χ0v) is 9.49. The van der Waals surface area contributed by atoms with Crippen LogP contribution in [0.5, 0.6) is 0 Å². The summed E-state index contributed by atoms with van der Waals surface area (Å²) >= 11 is 0. The van der Waals surface area contributed by atoms with E-state index in [-0.39, 0.29) is 24.9 Å². The van der Waals surface area contributed by atoms with Crippen LogP contribution in [0.15, 0.2) is 0 Å². The molecule has 0 atom stereocenters. The van der Waals surface area contributed by atoms with Crippen LogP contribution in [0, 0.1) is 0 Å². The van der Waals surface area contributed by atoms with Gasteiger partial charge in [0.05, 0.1) is 6.54 Å². The molecule has 3 amide bonds. The molecule has 90 valence electrons. The van der Waals surface area contributed by atoms with Crippen LogP contribution in [-0.2, 0) is 14.3 Å². The van der Waals surface area contributed by atoms with E-state index in [9.17, 15) is 14.4 Å². The number of hydrogen-bond acceptors (Lipinski definition) is 4. The molecule has 0 aromatic heterocycles. The van der Waals surface area contributed by atoms with Crippen LogP contribution in [0.3, 0.4) is 0 Å². The van der Waals surface area contributed by atoms with Gasteiger partial charge < -0.3 is 10.1 Å². The molecular formula is C9H15N3O4. The third-order valence-corrected chi connectivity index (χ3v) is 1.66. The van der Waals surface area contributed by atoms with Gasteiger partial charge in [-0.3, -0.25) is 9.59 Å². The standard InChI is InChI=1S/C9H15N3O4/c1-9(2,3)16-8(15)11-12-5-6(13)10-4-7(12)14/h4-5H2,1-3H3,(H,10,13)(H,11,15). The average molecular weight is 229 g/mol. The van der Waals surface area contributed by atoms with E-state index in [0.717, 1.165) is 5.01 Å². The summed E-state index contributed by atoms with van der Waals surface area (Å²) in [6, 6.07) is 0. The van der Waals surface area contributed by atoms with Gasteiger partial charge >= 0.3 is 6.09 Å². The number of hydrazine groups is 1. The fourth-order valence-electron chi connectivity index (χ4n) is 1.07. The first-order chi connectivity index (χ1) is 7.28. The lowest BCUT2D eigenvalue weighted by atomic mass is 10.2. The highest BCUT2D eigenvalue weighted by molar-refractivity contribution is 5.93. The summed E-state index contributed by atoms with van der Waals surface area (Å²) in [5.41, 5.74) is 1.57. The Balaban J connectivity index is 2.49. The zero-order valence-electron chi connectivity index (χ0n) is 9.49. The second kappa shape index (κ2) is 4.38. The van der Waals surface area contributed by atoms with E-state index in [1.807, 2.05) is 0 Å². The quantitative estimate of drug-likeness (QED) is 0.627. The average Bonchev–Trinajstić information content (AvgIpc) is 2.08. The minimum Gasteiger partial charge on any atom is -0.443 e. The predicted octanol–water partition coefficient (Wildman–Crippen LogP) is -0.615. The predicted molar refractivity (Wildman–Crippen MR) is 54.1 cm³/mol. The van der Waals surface area contributed by atoms with Gasteiger partial charge in [0.15, 0.2) is 0 Å². The molecule has 0 aromatic rings. The summed E-state index contributed by atoms with van der Waals surface area (Å²) < 4.78 is 4.95. The van der Waals surface area contributed by atoms with E-state index in [0.29, 0.717) is 0 Å². The van der Waals surface area contributed by atoms with Gasteiger partial charge in [0, 0.05) is 0 Å². The molecule has 16 heavy (non-hydrogen) atoms. The summed E-state index contributed by atoms with van der Waals surface area (Å²) in [4.78, 5) is 33.6. The van der Waals surface area contributed by atoms with E-state index >= 15 is 0 Å². The molecule has 0 saturated carbocycles. The molecule has 1 heterocycles. The van der Waals surface area contributed by atoms with Crippen LogP contribution < -0.4 is 10.7 Å². The molecule has 7 nitrogen and oxygen atoms in total. The number of nitrogens with one attached hydrogen (secondary N) is 2. The minimum atomic E-state index is -0.754. The Morgan fingerprint density at radius 2 is 2.06 bits per heavy atom. The van der Waals surface area contributed by atoms with Crippen molar-refractivity contribution in [1.82, 2.24) is 15.8 Å². The number of amides is 3. The second-order valence-electron chi connectivity index (χ2n) is 4.37. The molecule has 1 aliphatic heterocycles. The van der Waals surface area contributed by atoms with Crippen LogP contribution in [0.4, 0.5) is 4.79 Å². The summed E-state index contributed by atoms with van der Waals surface area (Å²) in [6.45, 7) is 4.80. The Morgan fingerprint density at radius 3 is 2.62 bits per heavy atom. The normalized spacial score (nSPS) is 16.8. The third kappa shape index (κ3) is 3.76. The largest absolute Gasteiger partial charge is 0.443 e. The van der Waals surface area contributed by atoms with Crippen molar-refractivity contribution >= 4 is 17.9 Å². The van der Waals surface area contributed by atoms with Gasteiger partial charge in [0.1, 0.15) is 12.1 Å². The van der Waals surface area contributed by atoms with E-state index in [1.165, 1.54) is 0 Å². The minimum absolute atomic E-state index is 0.116. The number of ether oxygens (including phenoxy) is 1. The molecule has 1 rings (SSSR count). The molecular weight excluding hydrogens is 214 g/mol. The number of piperazine rings is 1. The van der Waals surface area contributed by atoms with Crippen molar-refractivity contribution in [2.45, 2.75) is 26.4 Å². The highest BCUT2D eigenvalue weighted by Gasteiger charge is 2.26. The SMILES string of the molecule is CC(C)(C)OC(=O)NN1CC(=O)NCC1=O. The Kier molecular flexibility index (Phi) is 3.36. The van der Waals surface area contributed by atoms with Gasteiger partial charge in [-0.2, -0.15) is 0 Å². The maximum absolute atomic E-state index is 11.3. The van der Waals surface area contributed by atoms with E-state index in [2.05, 4.69) is 10.7 Å². The molecule has 2 N–H and O–H groups in total. The van der Waals surface area contributed by atoms with Crippen LogP contribution in [0.2, 0.25) is 0 Å². The summed E-state index contributed by atoms with van der Waals surface area (Å²) in [5.74, 6) is -0.707. The molecule has 0 radical (unpaired) electrons. The summed E-state index contributed by atoms with van der Waals surface area (Å²) in [6.07, 6.45) is -0.754. The Bertz CT molecular complexity index is 321. The molecule has 0 aromatic carbocycles. The molecule has 1 saturated heterocycles. The smallest absolute Gasteiger partial charge is 0.426 e. The van der Waals surface area contributed by atoms with Crippen molar-refractivity contribution < 1.29 is 19.1 Å². The molecule has 0 unspecified atom stereocenters. The van der Waals surface area contributed by atoms with Crippen LogP contribution in [0.1, 0.15) is 20.8 Å².